The molecule has 0 amide bonds. The van der Waals surface area contributed by atoms with Gasteiger partial charge in [0.25, 0.3) is 0 Å². The van der Waals surface area contributed by atoms with E-state index in [1.807, 2.05) is 0 Å². The van der Waals surface area contributed by atoms with Gasteiger partial charge in [0.2, 0.25) is 0 Å². The maximum Gasteiger partial charge on any atom is 0.0578 e. The lowest BCUT2D eigenvalue weighted by Gasteiger charge is -2.34. The van der Waals surface area contributed by atoms with Gasteiger partial charge in [-0.25, -0.2) is 0 Å². The van der Waals surface area contributed by atoms with Crippen LogP contribution in [0.2, 0.25) is 0 Å². The Morgan fingerprint density at radius 1 is 0.810 bits per heavy atom. The molecule has 0 bridgehead atoms. The van der Waals surface area contributed by atoms with Gasteiger partial charge < -0.3 is 5.32 Å². The summed E-state index contributed by atoms with van der Waals surface area (Å²) >= 11 is 0. The highest BCUT2D eigenvalue weighted by molar-refractivity contribution is 5.31. The molecule has 0 spiro atoms. The molecule has 1 aliphatic rings. The summed E-state index contributed by atoms with van der Waals surface area (Å²) in [6.45, 7) is 2.39. The zero-order valence-corrected chi connectivity index (χ0v) is 12.8. The first-order chi connectivity index (χ1) is 10.3. The summed E-state index contributed by atoms with van der Waals surface area (Å²) < 4.78 is 0. The van der Waals surface area contributed by atoms with Crippen molar-refractivity contribution in [2.75, 3.05) is 0 Å². The van der Waals surface area contributed by atoms with Gasteiger partial charge in [0, 0.05) is 6.04 Å². The Balaban J connectivity index is 1.86. The van der Waals surface area contributed by atoms with Crippen molar-refractivity contribution in [1.29, 1.82) is 0 Å². The first-order valence-corrected chi connectivity index (χ1v) is 8.20. The number of hydrogen-bond donors (Lipinski definition) is 1. The zero-order valence-electron chi connectivity index (χ0n) is 12.8. The summed E-state index contributed by atoms with van der Waals surface area (Å²) in [7, 11) is 0. The number of rotatable bonds is 4. The van der Waals surface area contributed by atoms with Crippen LogP contribution in [0.3, 0.4) is 0 Å². The van der Waals surface area contributed by atoms with Crippen molar-refractivity contribution >= 4 is 0 Å². The summed E-state index contributed by atoms with van der Waals surface area (Å²) in [6, 6.07) is 22.6. The summed E-state index contributed by atoms with van der Waals surface area (Å²) in [6.07, 6.45) is 5.41. The molecule has 2 aromatic rings. The van der Waals surface area contributed by atoms with E-state index in [2.05, 4.69) is 72.9 Å². The second-order valence-electron chi connectivity index (χ2n) is 6.29. The number of hydrogen-bond acceptors (Lipinski definition) is 1. The molecule has 0 heterocycles. The van der Waals surface area contributed by atoms with Crippen molar-refractivity contribution < 1.29 is 0 Å². The van der Waals surface area contributed by atoms with Crippen LogP contribution < -0.4 is 5.32 Å². The second-order valence-corrected chi connectivity index (χ2v) is 6.29. The minimum atomic E-state index is 0.304. The molecule has 1 heteroatoms. The molecule has 2 aromatic carbocycles. The smallest absolute Gasteiger partial charge is 0.0578 e. The molecule has 1 saturated carbocycles. The molecular weight excluding hydrogens is 254 g/mol. The Labute approximate surface area is 128 Å². The van der Waals surface area contributed by atoms with Crippen molar-refractivity contribution in [1.82, 2.24) is 5.32 Å². The van der Waals surface area contributed by atoms with Crippen LogP contribution in [0.4, 0.5) is 0 Å². The molecular formula is C20H25N. The molecule has 1 fully saturated rings. The average molecular weight is 279 g/mol. The van der Waals surface area contributed by atoms with Crippen LogP contribution >= 0.6 is 0 Å². The van der Waals surface area contributed by atoms with E-state index in [4.69, 9.17) is 0 Å². The quantitative estimate of drug-likeness (QED) is 0.835. The van der Waals surface area contributed by atoms with Crippen LogP contribution in [0.1, 0.15) is 49.8 Å². The lowest BCUT2D eigenvalue weighted by atomic mass is 9.84. The van der Waals surface area contributed by atoms with E-state index in [1.165, 1.54) is 36.8 Å². The van der Waals surface area contributed by atoms with Gasteiger partial charge in [-0.1, -0.05) is 80.4 Å². The Bertz CT molecular complexity index is 495. The van der Waals surface area contributed by atoms with E-state index < -0.39 is 0 Å². The highest BCUT2D eigenvalue weighted by atomic mass is 15.0. The number of nitrogens with one attached hydrogen (secondary N) is 1. The first kappa shape index (κ1) is 14.3. The van der Waals surface area contributed by atoms with Gasteiger partial charge in [0.1, 0.15) is 0 Å². The predicted molar refractivity (Wildman–Crippen MR) is 89.3 cm³/mol. The monoisotopic (exact) mass is 279 g/mol. The van der Waals surface area contributed by atoms with Crippen molar-refractivity contribution in [3.63, 3.8) is 0 Å². The minimum absolute atomic E-state index is 0.304. The maximum absolute atomic E-state index is 3.94. The molecule has 2 unspecified atom stereocenters. The molecule has 0 aliphatic heterocycles. The fourth-order valence-electron chi connectivity index (χ4n) is 3.45. The van der Waals surface area contributed by atoms with E-state index in [1.54, 1.807) is 0 Å². The average Bonchev–Trinajstić information content (AvgIpc) is 2.56. The van der Waals surface area contributed by atoms with Crippen LogP contribution in [0.25, 0.3) is 0 Å². The molecule has 3 rings (SSSR count). The van der Waals surface area contributed by atoms with E-state index in [9.17, 15) is 0 Å². The van der Waals surface area contributed by atoms with Crippen molar-refractivity contribution in [2.45, 2.75) is 44.7 Å². The fraction of sp³-hybridized carbons (Fsp3) is 0.400. The second kappa shape index (κ2) is 6.91. The molecule has 0 saturated heterocycles. The molecule has 0 aromatic heterocycles. The van der Waals surface area contributed by atoms with Crippen molar-refractivity contribution in [3.8, 4) is 0 Å². The van der Waals surface area contributed by atoms with Crippen LogP contribution in [-0.2, 0) is 0 Å². The van der Waals surface area contributed by atoms with Gasteiger partial charge in [0.15, 0.2) is 0 Å². The van der Waals surface area contributed by atoms with Gasteiger partial charge in [-0.2, -0.15) is 0 Å². The summed E-state index contributed by atoms with van der Waals surface area (Å²) in [5.74, 6) is 0.772. The highest BCUT2D eigenvalue weighted by Crippen LogP contribution is 2.29. The normalized spacial score (nSPS) is 22.4. The Kier molecular flexibility index (Phi) is 4.72. The fourth-order valence-corrected chi connectivity index (χ4v) is 3.45. The van der Waals surface area contributed by atoms with Gasteiger partial charge >= 0.3 is 0 Å². The van der Waals surface area contributed by atoms with E-state index in [0.717, 1.165) is 5.92 Å². The Morgan fingerprint density at radius 3 is 1.86 bits per heavy atom. The first-order valence-electron chi connectivity index (χ1n) is 8.20. The van der Waals surface area contributed by atoms with E-state index in [-0.39, 0.29) is 0 Å². The molecule has 1 N–H and O–H groups in total. The number of benzene rings is 2. The van der Waals surface area contributed by atoms with Crippen LogP contribution in [-0.4, -0.2) is 6.04 Å². The van der Waals surface area contributed by atoms with Gasteiger partial charge in [-0.3, -0.25) is 0 Å². The molecule has 2 atom stereocenters. The third-order valence-corrected chi connectivity index (χ3v) is 4.76. The third kappa shape index (κ3) is 3.54. The topological polar surface area (TPSA) is 12.0 Å². The SMILES string of the molecule is CC1CCCCC1NC(c1ccccc1)c1ccccc1. The molecule has 110 valence electrons. The summed E-state index contributed by atoms with van der Waals surface area (Å²) in [5, 5.41) is 3.94. The van der Waals surface area contributed by atoms with Gasteiger partial charge in [-0.15, -0.1) is 0 Å². The molecule has 0 radical (unpaired) electrons. The third-order valence-electron chi connectivity index (χ3n) is 4.76. The van der Waals surface area contributed by atoms with Gasteiger partial charge in [-0.05, 0) is 29.9 Å². The molecule has 21 heavy (non-hydrogen) atoms. The minimum Gasteiger partial charge on any atom is -0.303 e. The summed E-state index contributed by atoms with van der Waals surface area (Å²) in [5.41, 5.74) is 2.72. The van der Waals surface area contributed by atoms with Crippen LogP contribution in [0.5, 0.6) is 0 Å². The van der Waals surface area contributed by atoms with E-state index >= 15 is 0 Å². The predicted octanol–water partition coefficient (Wildman–Crippen LogP) is 4.94. The van der Waals surface area contributed by atoms with Gasteiger partial charge in [0.05, 0.1) is 6.04 Å². The maximum atomic E-state index is 3.94. The van der Waals surface area contributed by atoms with Crippen LogP contribution in [0.15, 0.2) is 60.7 Å². The lowest BCUT2D eigenvalue weighted by Crippen LogP contribution is -2.40. The van der Waals surface area contributed by atoms with Crippen LogP contribution in [0, 0.1) is 5.92 Å². The molecule has 1 nitrogen and oxygen atoms in total. The Hall–Kier alpha value is -1.60. The van der Waals surface area contributed by atoms with Crippen molar-refractivity contribution in [3.05, 3.63) is 71.8 Å². The highest BCUT2D eigenvalue weighted by Gasteiger charge is 2.25. The van der Waals surface area contributed by atoms with Crippen molar-refractivity contribution in [2.24, 2.45) is 5.92 Å². The lowest BCUT2D eigenvalue weighted by molar-refractivity contribution is 0.268. The largest absolute Gasteiger partial charge is 0.303 e. The van der Waals surface area contributed by atoms with E-state index in [0.29, 0.717) is 12.1 Å². The molecule has 1 aliphatic carbocycles. The summed E-state index contributed by atoms with van der Waals surface area (Å²) in [4.78, 5) is 0. The zero-order chi connectivity index (χ0) is 14.5. The standard InChI is InChI=1S/C20H25N/c1-16-10-8-9-15-19(16)21-20(17-11-4-2-5-12-17)18-13-6-3-7-14-18/h2-7,11-14,16,19-21H,8-10,15H2,1H3. The Morgan fingerprint density at radius 2 is 1.33 bits per heavy atom.